The number of nitrogens with one attached hydrogen (secondary N) is 1. The molecule has 3 aromatic heterocycles. The number of carbonyl (C=O) groups excluding carboxylic acids is 2. The van der Waals surface area contributed by atoms with Crippen molar-refractivity contribution in [3.8, 4) is 0 Å². The number of aryl methyl sites for hydroxylation is 1. The minimum atomic E-state index is -0.356. The highest BCUT2D eigenvalue weighted by molar-refractivity contribution is 6.30. The van der Waals surface area contributed by atoms with Crippen LogP contribution in [0.15, 0.2) is 45.7 Å². The first-order chi connectivity index (χ1) is 22.9. The molecule has 12 heteroatoms. The molecule has 0 radical (unpaired) electrons. The van der Waals surface area contributed by atoms with Crippen LogP contribution in [0.3, 0.4) is 0 Å². The number of fused-ring (bicyclic) bond motifs is 3. The van der Waals surface area contributed by atoms with E-state index in [1.807, 2.05) is 49.9 Å². The fourth-order valence-electron chi connectivity index (χ4n) is 6.35. The molecule has 48 heavy (non-hydrogen) atoms. The molecule has 2 aliphatic rings. The van der Waals surface area contributed by atoms with Crippen molar-refractivity contribution in [3.05, 3.63) is 63.3 Å². The molecule has 5 heterocycles. The van der Waals surface area contributed by atoms with Crippen molar-refractivity contribution < 1.29 is 23.5 Å². The van der Waals surface area contributed by atoms with Crippen molar-refractivity contribution in [1.29, 1.82) is 0 Å². The number of anilines is 1. The number of likely N-dealkylation sites (tertiary alicyclic amines) is 1. The summed E-state index contributed by atoms with van der Waals surface area (Å²) >= 11 is 6.16. The van der Waals surface area contributed by atoms with Crippen LogP contribution in [-0.4, -0.2) is 77.2 Å². The zero-order valence-corrected chi connectivity index (χ0v) is 29.3. The average Bonchev–Trinajstić information content (AvgIpc) is 3.71. The molecule has 0 spiro atoms. The number of amides is 1. The smallest absolute Gasteiger partial charge is 0.293 e. The van der Waals surface area contributed by atoms with Crippen LogP contribution in [-0.2, 0) is 30.9 Å². The first-order valence-electron chi connectivity index (χ1n) is 16.7. The zero-order valence-electron chi connectivity index (χ0n) is 28.5. The molecule has 1 amide bonds. The standard InChI is InChI=1S/C31H36ClN5O4.C5H10O2/c1-20-18-37(14-11-31(20,2)23-16-21(32)17-33-30(23)39)26(38)19-40-15-7-10-25-34-27-22-8-3-4-9-24(22)41-28(27)29(35-25)36-12-5-6-13-36;1-5(2,3)7-4-6/h3-4,8-9,16-17,20H,5-7,10-15,18-19H2,1-2H3,(H,33,39);4H,1-3H3. The van der Waals surface area contributed by atoms with Gasteiger partial charge in [-0.1, -0.05) is 37.6 Å². The van der Waals surface area contributed by atoms with E-state index in [0.717, 1.165) is 59.6 Å². The van der Waals surface area contributed by atoms with E-state index in [-0.39, 0.29) is 35.0 Å². The van der Waals surface area contributed by atoms with E-state index in [9.17, 15) is 14.4 Å². The Kier molecular flexibility index (Phi) is 11.1. The minimum Gasteiger partial charge on any atom is -0.462 e. The highest BCUT2D eigenvalue weighted by Crippen LogP contribution is 2.38. The number of para-hydroxylation sites is 1. The van der Waals surface area contributed by atoms with E-state index in [2.05, 4.69) is 28.5 Å². The number of rotatable bonds is 9. The molecule has 2 atom stereocenters. The van der Waals surface area contributed by atoms with Gasteiger partial charge in [-0.05, 0) is 70.6 Å². The van der Waals surface area contributed by atoms with Crippen LogP contribution in [0.5, 0.6) is 0 Å². The van der Waals surface area contributed by atoms with Gasteiger partial charge in [0.05, 0.1) is 5.02 Å². The number of hydrogen-bond donors (Lipinski definition) is 1. The number of hydrogen-bond acceptors (Lipinski definition) is 9. The van der Waals surface area contributed by atoms with Gasteiger partial charge in [0.1, 0.15) is 29.1 Å². The maximum atomic E-state index is 12.9. The lowest BCUT2D eigenvalue weighted by Crippen LogP contribution is -2.51. The second kappa shape index (κ2) is 15.1. The Labute approximate surface area is 285 Å². The van der Waals surface area contributed by atoms with Crippen LogP contribution in [0, 0.1) is 5.92 Å². The molecule has 6 rings (SSSR count). The normalized spacial score (nSPS) is 19.8. The SMILES string of the molecule is CC(C)(C)OC=O.CC1CN(C(=O)COCCCc2nc(N3CCCC3)c3oc4ccccc4c3n2)CCC1(C)c1cc(Cl)c[nH]c1=O. The summed E-state index contributed by atoms with van der Waals surface area (Å²) in [6, 6.07) is 9.73. The number of halogens is 1. The molecule has 4 aromatic rings. The van der Waals surface area contributed by atoms with E-state index < -0.39 is 0 Å². The van der Waals surface area contributed by atoms with Crippen molar-refractivity contribution in [2.45, 2.75) is 77.7 Å². The van der Waals surface area contributed by atoms with Gasteiger partial charge in [0.2, 0.25) is 5.91 Å². The molecule has 2 fully saturated rings. The van der Waals surface area contributed by atoms with Gasteiger partial charge in [0.15, 0.2) is 11.4 Å². The van der Waals surface area contributed by atoms with Crippen molar-refractivity contribution in [2.24, 2.45) is 5.92 Å². The molecule has 1 N–H and O–H groups in total. The number of piperidine rings is 1. The van der Waals surface area contributed by atoms with E-state index in [4.69, 9.17) is 30.7 Å². The number of carbonyl (C=O) groups is 2. The Morgan fingerprint density at radius 3 is 2.62 bits per heavy atom. The highest BCUT2D eigenvalue weighted by atomic mass is 35.5. The maximum absolute atomic E-state index is 12.9. The molecule has 2 unspecified atom stereocenters. The van der Waals surface area contributed by atoms with E-state index >= 15 is 0 Å². The first kappa shape index (κ1) is 35.3. The Balaban J connectivity index is 0.000000582. The van der Waals surface area contributed by atoms with E-state index in [0.29, 0.717) is 56.0 Å². The Hall–Kier alpha value is -3.96. The van der Waals surface area contributed by atoms with Crippen molar-refractivity contribution in [3.63, 3.8) is 0 Å². The number of furan rings is 1. The van der Waals surface area contributed by atoms with Crippen molar-refractivity contribution in [1.82, 2.24) is 19.9 Å². The summed E-state index contributed by atoms with van der Waals surface area (Å²) in [7, 11) is 0. The molecule has 0 bridgehead atoms. The second-order valence-electron chi connectivity index (χ2n) is 13.9. The number of pyridine rings is 1. The van der Waals surface area contributed by atoms with Crippen LogP contribution in [0.1, 0.15) is 71.7 Å². The summed E-state index contributed by atoms with van der Waals surface area (Å²) in [4.78, 5) is 51.7. The molecule has 0 saturated carbocycles. The molecule has 2 saturated heterocycles. The highest BCUT2D eigenvalue weighted by Gasteiger charge is 2.41. The quantitative estimate of drug-likeness (QED) is 0.166. The third-order valence-corrected chi connectivity index (χ3v) is 9.51. The topological polar surface area (TPSA) is 131 Å². The predicted octanol–water partition coefficient (Wildman–Crippen LogP) is 6.05. The van der Waals surface area contributed by atoms with Crippen molar-refractivity contribution in [2.75, 3.05) is 44.3 Å². The largest absolute Gasteiger partial charge is 0.462 e. The van der Waals surface area contributed by atoms with Crippen LogP contribution < -0.4 is 10.5 Å². The van der Waals surface area contributed by atoms with Gasteiger partial charge in [0, 0.05) is 61.8 Å². The lowest BCUT2D eigenvalue weighted by atomic mass is 9.68. The van der Waals surface area contributed by atoms with Gasteiger partial charge in [-0.25, -0.2) is 9.97 Å². The number of aromatic nitrogens is 3. The summed E-state index contributed by atoms with van der Waals surface area (Å²) in [5.74, 6) is 1.70. The summed E-state index contributed by atoms with van der Waals surface area (Å²) in [6.07, 6.45) is 5.85. The number of aromatic amines is 1. The molecule has 11 nitrogen and oxygen atoms in total. The molecule has 258 valence electrons. The van der Waals surface area contributed by atoms with Crippen LogP contribution in [0.2, 0.25) is 5.02 Å². The third-order valence-electron chi connectivity index (χ3n) is 9.29. The Bertz CT molecular complexity index is 1790. The first-order valence-corrected chi connectivity index (χ1v) is 17.1. The van der Waals surface area contributed by atoms with Gasteiger partial charge in [-0.3, -0.25) is 14.4 Å². The molecular formula is C36H46ClN5O6. The second-order valence-corrected chi connectivity index (χ2v) is 14.3. The molecule has 0 aliphatic carbocycles. The average molecular weight is 680 g/mol. The lowest BCUT2D eigenvalue weighted by molar-refractivity contribution is -0.139. The lowest BCUT2D eigenvalue weighted by Gasteiger charge is -2.44. The minimum absolute atomic E-state index is 0.0299. The number of benzene rings is 1. The van der Waals surface area contributed by atoms with Gasteiger partial charge in [0.25, 0.3) is 12.0 Å². The summed E-state index contributed by atoms with van der Waals surface area (Å²) in [5.41, 5.74) is 2.32. The summed E-state index contributed by atoms with van der Waals surface area (Å²) in [5, 5.41) is 1.51. The third kappa shape index (κ3) is 8.18. The monoisotopic (exact) mass is 679 g/mol. The van der Waals surface area contributed by atoms with Crippen LogP contribution in [0.4, 0.5) is 5.82 Å². The fraction of sp³-hybridized carbons (Fsp3) is 0.528. The fourth-order valence-corrected chi connectivity index (χ4v) is 6.51. The van der Waals surface area contributed by atoms with E-state index in [1.54, 1.807) is 6.07 Å². The van der Waals surface area contributed by atoms with Gasteiger partial charge in [-0.15, -0.1) is 0 Å². The zero-order chi connectivity index (χ0) is 34.5. The summed E-state index contributed by atoms with van der Waals surface area (Å²) in [6.45, 7) is 13.6. The number of H-pyrrole nitrogens is 1. The van der Waals surface area contributed by atoms with Crippen molar-refractivity contribution >= 4 is 51.9 Å². The van der Waals surface area contributed by atoms with Crippen LogP contribution >= 0.6 is 11.6 Å². The predicted molar refractivity (Wildman–Crippen MR) is 187 cm³/mol. The number of ether oxygens (including phenoxy) is 2. The molecule has 1 aromatic carbocycles. The van der Waals surface area contributed by atoms with Gasteiger partial charge >= 0.3 is 0 Å². The molecule has 2 aliphatic heterocycles. The van der Waals surface area contributed by atoms with E-state index in [1.165, 1.54) is 6.20 Å². The molecular weight excluding hydrogens is 634 g/mol. The van der Waals surface area contributed by atoms with Gasteiger partial charge < -0.3 is 28.7 Å². The Morgan fingerprint density at radius 2 is 1.94 bits per heavy atom. The van der Waals surface area contributed by atoms with Crippen LogP contribution in [0.25, 0.3) is 22.1 Å². The maximum Gasteiger partial charge on any atom is 0.293 e. The van der Waals surface area contributed by atoms with Gasteiger partial charge in [-0.2, -0.15) is 0 Å². The Morgan fingerprint density at radius 1 is 1.19 bits per heavy atom. The number of nitrogens with zero attached hydrogens (tertiary/aromatic N) is 4. The summed E-state index contributed by atoms with van der Waals surface area (Å²) < 4.78 is 16.5.